The molecule has 1 N–H and O–H groups in total. The van der Waals surface area contributed by atoms with Crippen LogP contribution in [0.4, 0.5) is 11.4 Å². The fourth-order valence-electron chi connectivity index (χ4n) is 3.83. The molecule has 1 amide bonds. The molecular formula is C21H23N5O5S. The van der Waals surface area contributed by atoms with Gasteiger partial charge < -0.3 is 14.5 Å². The van der Waals surface area contributed by atoms with Crippen molar-refractivity contribution in [2.45, 2.75) is 43.3 Å². The molecule has 1 aromatic carbocycles. The number of amides is 1. The number of furan rings is 1. The number of aromatic nitrogens is 3. The van der Waals surface area contributed by atoms with E-state index >= 15 is 0 Å². The molecule has 1 saturated carbocycles. The minimum absolute atomic E-state index is 0.0339. The van der Waals surface area contributed by atoms with Gasteiger partial charge in [-0.3, -0.25) is 19.5 Å². The van der Waals surface area contributed by atoms with Gasteiger partial charge in [0.15, 0.2) is 10.9 Å². The van der Waals surface area contributed by atoms with Crippen LogP contribution in [0, 0.1) is 10.1 Å². The molecule has 168 valence electrons. The summed E-state index contributed by atoms with van der Waals surface area (Å²) in [6.45, 7) is 0. The lowest BCUT2D eigenvalue weighted by molar-refractivity contribution is -0.384. The van der Waals surface area contributed by atoms with Crippen LogP contribution in [0.3, 0.4) is 0 Å². The summed E-state index contributed by atoms with van der Waals surface area (Å²) in [6.07, 6.45) is 7.10. The summed E-state index contributed by atoms with van der Waals surface area (Å²) in [6, 6.07) is 8.18. The topological polar surface area (TPSA) is 125 Å². The van der Waals surface area contributed by atoms with Gasteiger partial charge in [0.2, 0.25) is 11.7 Å². The average Bonchev–Trinajstić information content (AvgIpc) is 3.48. The predicted molar refractivity (Wildman–Crippen MR) is 119 cm³/mol. The van der Waals surface area contributed by atoms with Gasteiger partial charge in [-0.15, -0.1) is 10.2 Å². The zero-order chi connectivity index (χ0) is 22.5. The van der Waals surface area contributed by atoms with Crippen LogP contribution in [0.5, 0.6) is 5.75 Å². The van der Waals surface area contributed by atoms with Gasteiger partial charge in [0.1, 0.15) is 11.4 Å². The Hall–Kier alpha value is -3.34. The van der Waals surface area contributed by atoms with E-state index in [1.54, 1.807) is 18.4 Å². The normalized spacial score (nSPS) is 14.3. The highest BCUT2D eigenvalue weighted by molar-refractivity contribution is 7.99. The second-order valence-corrected chi connectivity index (χ2v) is 8.36. The number of carbonyl (C=O) groups excluding carboxylic acids is 1. The number of nitrogens with one attached hydrogen (secondary N) is 1. The van der Waals surface area contributed by atoms with Gasteiger partial charge in [-0.1, -0.05) is 31.0 Å². The van der Waals surface area contributed by atoms with Crippen molar-refractivity contribution in [3.05, 3.63) is 46.7 Å². The average molecular weight is 458 g/mol. The number of ether oxygens (including phenoxy) is 1. The van der Waals surface area contributed by atoms with E-state index in [9.17, 15) is 14.9 Å². The molecular weight excluding hydrogens is 434 g/mol. The molecule has 10 nitrogen and oxygen atoms in total. The Labute approximate surface area is 188 Å². The minimum Gasteiger partial charge on any atom is -0.496 e. The molecule has 1 aliphatic carbocycles. The van der Waals surface area contributed by atoms with Crippen LogP contribution in [-0.2, 0) is 4.79 Å². The Morgan fingerprint density at radius 2 is 2.12 bits per heavy atom. The maximum absolute atomic E-state index is 12.6. The lowest BCUT2D eigenvalue weighted by atomic mass is 9.95. The van der Waals surface area contributed by atoms with E-state index in [0.717, 1.165) is 25.7 Å². The molecule has 0 bridgehead atoms. The van der Waals surface area contributed by atoms with Crippen molar-refractivity contribution in [3.8, 4) is 17.3 Å². The second kappa shape index (κ2) is 9.86. The quantitative estimate of drug-likeness (QED) is 0.293. The molecule has 0 spiro atoms. The Bertz CT molecular complexity index is 1090. The third kappa shape index (κ3) is 4.77. The van der Waals surface area contributed by atoms with Gasteiger partial charge in [0.05, 0.1) is 30.1 Å². The first-order valence-corrected chi connectivity index (χ1v) is 11.3. The van der Waals surface area contributed by atoms with E-state index < -0.39 is 4.92 Å². The highest BCUT2D eigenvalue weighted by Gasteiger charge is 2.25. The van der Waals surface area contributed by atoms with Crippen LogP contribution < -0.4 is 10.1 Å². The van der Waals surface area contributed by atoms with Crippen LogP contribution in [0.15, 0.2) is 46.2 Å². The molecule has 0 radical (unpaired) electrons. The van der Waals surface area contributed by atoms with Crippen LogP contribution in [0.1, 0.15) is 38.1 Å². The number of anilines is 1. The number of hydrogen-bond donors (Lipinski definition) is 1. The summed E-state index contributed by atoms with van der Waals surface area (Å²) >= 11 is 1.25. The van der Waals surface area contributed by atoms with Gasteiger partial charge in [-0.05, 0) is 37.1 Å². The number of nitrogens with zero attached hydrogens (tertiary/aromatic N) is 4. The van der Waals surface area contributed by atoms with Crippen molar-refractivity contribution < 1.29 is 18.9 Å². The number of nitro benzene ring substituents is 1. The van der Waals surface area contributed by atoms with Crippen LogP contribution in [-0.4, -0.2) is 38.5 Å². The third-order valence-electron chi connectivity index (χ3n) is 5.35. The summed E-state index contributed by atoms with van der Waals surface area (Å²) < 4.78 is 12.6. The summed E-state index contributed by atoms with van der Waals surface area (Å²) in [7, 11) is 1.42. The molecule has 2 aromatic heterocycles. The molecule has 11 heteroatoms. The molecule has 3 aromatic rings. The Balaban J connectivity index is 1.50. The van der Waals surface area contributed by atoms with Crippen molar-refractivity contribution >= 4 is 29.0 Å². The SMILES string of the molecule is COc1ccc(NC(=O)CSc2nnc(-c3ccco3)n2C2CCCCC2)c([N+](=O)[O-])c1. The van der Waals surface area contributed by atoms with Crippen LogP contribution >= 0.6 is 11.8 Å². The highest BCUT2D eigenvalue weighted by Crippen LogP contribution is 2.36. The van der Waals surface area contributed by atoms with E-state index in [1.807, 2.05) is 6.07 Å². The molecule has 1 aliphatic rings. The van der Waals surface area contributed by atoms with E-state index in [1.165, 1.54) is 37.4 Å². The summed E-state index contributed by atoms with van der Waals surface area (Å²) in [4.78, 5) is 23.4. The minimum atomic E-state index is -0.555. The smallest absolute Gasteiger partial charge is 0.296 e. The summed E-state index contributed by atoms with van der Waals surface area (Å²) in [5.74, 6) is 1.28. The number of rotatable bonds is 8. The van der Waals surface area contributed by atoms with Gasteiger partial charge >= 0.3 is 0 Å². The van der Waals surface area contributed by atoms with Crippen molar-refractivity contribution in [1.29, 1.82) is 0 Å². The predicted octanol–water partition coefficient (Wildman–Crippen LogP) is 4.69. The van der Waals surface area contributed by atoms with E-state index in [2.05, 4.69) is 20.1 Å². The van der Waals surface area contributed by atoms with Crippen LogP contribution in [0.2, 0.25) is 0 Å². The first-order valence-electron chi connectivity index (χ1n) is 10.3. The standard InChI is InChI=1S/C21H23N5O5S/c1-30-15-9-10-16(17(12-15)26(28)29)22-19(27)13-32-21-24-23-20(18-8-5-11-31-18)25(21)14-6-3-2-4-7-14/h5,8-12,14H,2-4,6-7,13H2,1H3,(H,22,27). The Kier molecular flexibility index (Phi) is 6.74. The van der Waals surface area contributed by atoms with Crippen molar-refractivity contribution in [3.63, 3.8) is 0 Å². The zero-order valence-corrected chi connectivity index (χ0v) is 18.3. The maximum atomic E-state index is 12.6. The summed E-state index contributed by atoms with van der Waals surface area (Å²) in [5, 5.41) is 23.2. The molecule has 1 fully saturated rings. The monoisotopic (exact) mass is 457 g/mol. The van der Waals surface area contributed by atoms with Crippen molar-refractivity contribution in [2.24, 2.45) is 0 Å². The molecule has 2 heterocycles. The molecule has 0 unspecified atom stereocenters. The number of methoxy groups -OCH3 is 1. The number of benzene rings is 1. The molecule has 4 rings (SSSR count). The van der Waals surface area contributed by atoms with E-state index in [-0.39, 0.29) is 29.1 Å². The van der Waals surface area contributed by atoms with Crippen LogP contribution in [0.25, 0.3) is 11.6 Å². The first kappa shape index (κ1) is 21.9. The molecule has 0 saturated heterocycles. The van der Waals surface area contributed by atoms with Crippen molar-refractivity contribution in [1.82, 2.24) is 14.8 Å². The van der Waals surface area contributed by atoms with Gasteiger partial charge in [0.25, 0.3) is 5.69 Å². The Morgan fingerprint density at radius 1 is 1.31 bits per heavy atom. The van der Waals surface area contributed by atoms with Crippen molar-refractivity contribution in [2.75, 3.05) is 18.2 Å². The fourth-order valence-corrected chi connectivity index (χ4v) is 4.63. The first-order chi connectivity index (χ1) is 15.6. The van der Waals surface area contributed by atoms with Gasteiger partial charge in [-0.2, -0.15) is 0 Å². The lowest BCUT2D eigenvalue weighted by Crippen LogP contribution is -2.17. The number of hydrogen-bond acceptors (Lipinski definition) is 8. The van der Waals surface area contributed by atoms with E-state index in [4.69, 9.17) is 9.15 Å². The number of nitro groups is 1. The van der Waals surface area contributed by atoms with Gasteiger partial charge in [0, 0.05) is 6.04 Å². The second-order valence-electron chi connectivity index (χ2n) is 7.42. The number of thioether (sulfide) groups is 1. The zero-order valence-electron chi connectivity index (χ0n) is 17.5. The number of carbonyl (C=O) groups is 1. The summed E-state index contributed by atoms with van der Waals surface area (Å²) in [5.41, 5.74) is -0.111. The molecule has 32 heavy (non-hydrogen) atoms. The maximum Gasteiger partial charge on any atom is 0.296 e. The fraction of sp³-hybridized carbons (Fsp3) is 0.381. The van der Waals surface area contributed by atoms with Gasteiger partial charge in [-0.25, -0.2) is 0 Å². The Morgan fingerprint density at radius 3 is 2.81 bits per heavy atom. The third-order valence-corrected chi connectivity index (χ3v) is 6.30. The van der Waals surface area contributed by atoms with E-state index in [0.29, 0.717) is 22.5 Å². The lowest BCUT2D eigenvalue weighted by Gasteiger charge is -2.25. The highest BCUT2D eigenvalue weighted by atomic mass is 32.2. The molecule has 0 atom stereocenters. The molecule has 0 aliphatic heterocycles. The largest absolute Gasteiger partial charge is 0.496 e.